The van der Waals surface area contributed by atoms with Crippen molar-refractivity contribution in [1.29, 1.82) is 0 Å². The minimum absolute atomic E-state index is 0.335. The molecule has 2 aliphatic rings. The van der Waals surface area contributed by atoms with E-state index in [0.717, 1.165) is 24.0 Å². The van der Waals surface area contributed by atoms with Crippen LogP contribution in [0, 0.1) is 0 Å². The van der Waals surface area contributed by atoms with Crippen LogP contribution < -0.4 is 0 Å². The van der Waals surface area contributed by atoms with E-state index in [1.54, 1.807) is 0 Å². The first-order chi connectivity index (χ1) is 11.8. The highest BCUT2D eigenvalue weighted by atomic mass is 16.7. The molecule has 2 aromatic rings. The van der Waals surface area contributed by atoms with Gasteiger partial charge in [0.05, 0.1) is 0 Å². The van der Waals surface area contributed by atoms with Crippen molar-refractivity contribution in [3.05, 3.63) is 83.9 Å². The van der Waals surface area contributed by atoms with Gasteiger partial charge >= 0.3 is 5.97 Å². The Hall–Kier alpha value is -2.81. The molecule has 0 fully saturated rings. The van der Waals surface area contributed by atoms with Crippen molar-refractivity contribution in [2.45, 2.75) is 25.0 Å². The fraction of sp³-hybridized carbons (Fsp3) is 0.190. The zero-order chi connectivity index (χ0) is 16.4. The second kappa shape index (κ2) is 6.00. The minimum Gasteiger partial charge on any atom is -0.447 e. The predicted molar refractivity (Wildman–Crippen MR) is 92.6 cm³/mol. The molecule has 120 valence electrons. The Bertz CT molecular complexity index is 805. The molecule has 0 radical (unpaired) electrons. The second-order valence-electron chi connectivity index (χ2n) is 6.03. The summed E-state index contributed by atoms with van der Waals surface area (Å²) in [7, 11) is 0. The molecule has 1 spiro atoms. The Labute approximate surface area is 141 Å². The average Bonchev–Trinajstić information content (AvgIpc) is 2.63. The molecular formula is C21H18O3. The minimum atomic E-state index is -0.973. The summed E-state index contributed by atoms with van der Waals surface area (Å²) in [6.07, 6.45) is 6.49. The standard InChI is InChI=1S/C21H18O3/c22-20-18(16-10-4-1-5-11-16)19(17-12-6-2-7-13-17)23-21(24-20)14-8-3-9-15-21/h1-2,4-8,10-14H,3,9,15H2/t21-/m0/s1. The largest absolute Gasteiger partial charge is 0.447 e. The third-order valence-electron chi connectivity index (χ3n) is 4.34. The van der Waals surface area contributed by atoms with Gasteiger partial charge in [-0.25, -0.2) is 4.79 Å². The van der Waals surface area contributed by atoms with Crippen LogP contribution in [0.3, 0.4) is 0 Å². The lowest BCUT2D eigenvalue weighted by Crippen LogP contribution is -2.41. The van der Waals surface area contributed by atoms with Crippen LogP contribution in [-0.4, -0.2) is 11.8 Å². The molecule has 3 heteroatoms. The fourth-order valence-electron chi connectivity index (χ4n) is 3.17. The quantitative estimate of drug-likeness (QED) is 0.601. The van der Waals surface area contributed by atoms with Gasteiger partial charge in [-0.05, 0) is 24.5 Å². The van der Waals surface area contributed by atoms with Crippen LogP contribution in [0.4, 0.5) is 0 Å². The molecular weight excluding hydrogens is 300 g/mol. The molecule has 0 saturated carbocycles. The van der Waals surface area contributed by atoms with Crippen molar-refractivity contribution in [3.63, 3.8) is 0 Å². The lowest BCUT2D eigenvalue weighted by molar-refractivity contribution is -0.190. The molecule has 24 heavy (non-hydrogen) atoms. The Morgan fingerprint density at radius 1 is 0.833 bits per heavy atom. The summed E-state index contributed by atoms with van der Waals surface area (Å²) >= 11 is 0. The predicted octanol–water partition coefficient (Wildman–Crippen LogP) is 4.56. The fourth-order valence-corrected chi connectivity index (χ4v) is 3.17. The third-order valence-corrected chi connectivity index (χ3v) is 4.34. The van der Waals surface area contributed by atoms with E-state index in [1.165, 1.54) is 0 Å². The van der Waals surface area contributed by atoms with E-state index in [0.29, 0.717) is 17.8 Å². The molecule has 4 rings (SSSR count). The summed E-state index contributed by atoms with van der Waals surface area (Å²) in [6, 6.07) is 19.3. The van der Waals surface area contributed by atoms with Crippen molar-refractivity contribution in [3.8, 4) is 0 Å². The molecule has 1 heterocycles. The Kier molecular flexibility index (Phi) is 3.69. The summed E-state index contributed by atoms with van der Waals surface area (Å²) in [5, 5.41) is 0. The number of carbonyl (C=O) groups excluding carboxylic acids is 1. The van der Waals surface area contributed by atoms with Gasteiger partial charge in [-0.3, -0.25) is 0 Å². The second-order valence-corrected chi connectivity index (χ2v) is 6.03. The van der Waals surface area contributed by atoms with Gasteiger partial charge in [0.15, 0.2) is 0 Å². The maximum atomic E-state index is 12.9. The van der Waals surface area contributed by atoms with Gasteiger partial charge in [-0.15, -0.1) is 0 Å². The molecule has 3 nitrogen and oxygen atoms in total. The molecule has 0 unspecified atom stereocenters. The normalized spacial score (nSPS) is 23.1. The molecule has 0 aromatic heterocycles. The van der Waals surface area contributed by atoms with E-state index in [4.69, 9.17) is 9.47 Å². The molecule has 0 bridgehead atoms. The number of benzene rings is 2. The summed E-state index contributed by atoms with van der Waals surface area (Å²) in [5.41, 5.74) is 2.16. The lowest BCUT2D eigenvalue weighted by Gasteiger charge is -2.38. The van der Waals surface area contributed by atoms with Crippen molar-refractivity contribution >= 4 is 17.3 Å². The average molecular weight is 318 g/mol. The molecule has 1 aliphatic heterocycles. The number of rotatable bonds is 2. The van der Waals surface area contributed by atoms with E-state index in [1.807, 2.05) is 72.8 Å². The van der Waals surface area contributed by atoms with Gasteiger partial charge in [-0.1, -0.05) is 66.7 Å². The summed E-state index contributed by atoms with van der Waals surface area (Å²) in [5.74, 6) is -0.721. The van der Waals surface area contributed by atoms with Crippen molar-refractivity contribution in [2.75, 3.05) is 0 Å². The maximum absolute atomic E-state index is 12.9. The number of esters is 1. The number of allylic oxidation sites excluding steroid dienone is 1. The topological polar surface area (TPSA) is 35.5 Å². The Morgan fingerprint density at radius 3 is 2.12 bits per heavy atom. The maximum Gasteiger partial charge on any atom is 0.346 e. The molecule has 0 N–H and O–H groups in total. The van der Waals surface area contributed by atoms with Crippen molar-refractivity contribution < 1.29 is 14.3 Å². The zero-order valence-electron chi connectivity index (χ0n) is 13.3. The van der Waals surface area contributed by atoms with Gasteiger partial charge in [0.2, 0.25) is 0 Å². The molecule has 0 amide bonds. The van der Waals surface area contributed by atoms with Gasteiger partial charge in [0.1, 0.15) is 11.3 Å². The van der Waals surface area contributed by atoms with E-state index in [-0.39, 0.29) is 5.97 Å². The highest BCUT2D eigenvalue weighted by Gasteiger charge is 2.43. The van der Waals surface area contributed by atoms with Crippen LogP contribution in [0.5, 0.6) is 0 Å². The molecule has 1 aliphatic carbocycles. The number of hydrogen-bond donors (Lipinski definition) is 0. The van der Waals surface area contributed by atoms with E-state index in [2.05, 4.69) is 0 Å². The smallest absolute Gasteiger partial charge is 0.346 e. The highest BCUT2D eigenvalue weighted by molar-refractivity contribution is 6.24. The molecule has 2 aromatic carbocycles. The number of ether oxygens (including phenoxy) is 2. The zero-order valence-corrected chi connectivity index (χ0v) is 13.3. The molecule has 0 saturated heterocycles. The van der Waals surface area contributed by atoms with Crippen LogP contribution >= 0.6 is 0 Å². The van der Waals surface area contributed by atoms with E-state index in [9.17, 15) is 4.79 Å². The first-order valence-corrected chi connectivity index (χ1v) is 8.23. The summed E-state index contributed by atoms with van der Waals surface area (Å²) in [4.78, 5) is 12.9. The Balaban J connectivity index is 1.89. The summed E-state index contributed by atoms with van der Waals surface area (Å²) in [6.45, 7) is 0. The SMILES string of the molecule is O=C1O[C@]2(C=CCCC2)OC(c2ccccc2)=C1c1ccccc1. The van der Waals surface area contributed by atoms with Gasteiger partial charge in [0, 0.05) is 12.0 Å². The molecule has 1 atom stereocenters. The van der Waals surface area contributed by atoms with E-state index >= 15 is 0 Å². The highest BCUT2D eigenvalue weighted by Crippen LogP contribution is 2.41. The van der Waals surface area contributed by atoms with Crippen molar-refractivity contribution in [1.82, 2.24) is 0 Å². The van der Waals surface area contributed by atoms with Crippen LogP contribution in [-0.2, 0) is 14.3 Å². The first-order valence-electron chi connectivity index (χ1n) is 8.23. The van der Waals surface area contributed by atoms with Gasteiger partial charge in [0.25, 0.3) is 5.79 Å². The number of carbonyl (C=O) groups is 1. The number of hydrogen-bond acceptors (Lipinski definition) is 3. The Morgan fingerprint density at radius 2 is 1.50 bits per heavy atom. The van der Waals surface area contributed by atoms with Crippen LogP contribution in [0.2, 0.25) is 0 Å². The lowest BCUT2D eigenvalue weighted by atomic mass is 9.96. The van der Waals surface area contributed by atoms with Crippen LogP contribution in [0.15, 0.2) is 72.8 Å². The summed E-state index contributed by atoms with van der Waals surface area (Å²) < 4.78 is 12.0. The monoisotopic (exact) mass is 318 g/mol. The first kappa shape index (κ1) is 14.8. The third kappa shape index (κ3) is 2.62. The van der Waals surface area contributed by atoms with Gasteiger partial charge < -0.3 is 9.47 Å². The van der Waals surface area contributed by atoms with Crippen LogP contribution in [0.1, 0.15) is 30.4 Å². The van der Waals surface area contributed by atoms with E-state index < -0.39 is 5.79 Å². The van der Waals surface area contributed by atoms with Crippen LogP contribution in [0.25, 0.3) is 11.3 Å². The van der Waals surface area contributed by atoms with Gasteiger partial charge in [-0.2, -0.15) is 0 Å². The van der Waals surface area contributed by atoms with Crippen molar-refractivity contribution in [2.24, 2.45) is 0 Å².